The van der Waals surface area contributed by atoms with E-state index in [4.69, 9.17) is 14.2 Å². The number of esters is 1. The van der Waals surface area contributed by atoms with Gasteiger partial charge in [0.15, 0.2) is 11.9 Å². The van der Waals surface area contributed by atoms with Gasteiger partial charge >= 0.3 is 5.97 Å². The molecule has 0 N–H and O–H groups in total. The second-order valence-corrected chi connectivity index (χ2v) is 5.66. The lowest BCUT2D eigenvalue weighted by atomic mass is 10.1. The van der Waals surface area contributed by atoms with Gasteiger partial charge in [0, 0.05) is 6.07 Å². The number of carbonyl (C=O) groups excluding carboxylic acids is 2. The number of ketones is 1. The normalized spacial score (nSPS) is 15.2. The zero-order valence-electron chi connectivity index (χ0n) is 14.6. The van der Waals surface area contributed by atoms with Crippen molar-refractivity contribution < 1.29 is 28.5 Å². The van der Waals surface area contributed by atoms with Gasteiger partial charge in [0.1, 0.15) is 17.2 Å². The summed E-state index contributed by atoms with van der Waals surface area (Å²) < 4.78 is 21.0. The Labute approximate surface area is 150 Å². The largest absolute Gasteiger partial charge is 0.497 e. The van der Waals surface area contributed by atoms with Crippen LogP contribution in [0.15, 0.2) is 48.2 Å². The summed E-state index contributed by atoms with van der Waals surface area (Å²) in [5.41, 5.74) is 1.23. The smallest absolute Gasteiger partial charge is 0.346 e. The fourth-order valence-electron chi connectivity index (χ4n) is 2.54. The number of ether oxygens (including phenoxy) is 4. The number of carbonyl (C=O) groups is 2. The van der Waals surface area contributed by atoms with Crippen LogP contribution in [0.4, 0.5) is 0 Å². The summed E-state index contributed by atoms with van der Waals surface area (Å²) in [6.45, 7) is 1.58. The maximum Gasteiger partial charge on any atom is 0.346 e. The molecule has 1 heterocycles. The van der Waals surface area contributed by atoms with Crippen LogP contribution < -0.4 is 14.2 Å². The molecule has 0 aromatic heterocycles. The molecule has 2 aromatic carbocycles. The summed E-state index contributed by atoms with van der Waals surface area (Å²) in [5.74, 6) is 1.01. The van der Waals surface area contributed by atoms with Crippen LogP contribution in [0, 0.1) is 0 Å². The van der Waals surface area contributed by atoms with E-state index >= 15 is 0 Å². The number of benzene rings is 2. The summed E-state index contributed by atoms with van der Waals surface area (Å²) in [6.07, 6.45) is 0.893. The SMILES string of the molecule is COC(=O)[C@@H](C)Oc1ccc2c(c1)O/C(=C\c1cccc(OC)c1)C2=O. The zero-order valence-corrected chi connectivity index (χ0v) is 14.6. The molecule has 1 atom stereocenters. The van der Waals surface area contributed by atoms with E-state index in [0.717, 1.165) is 5.56 Å². The Kier molecular flexibility index (Phi) is 4.93. The monoisotopic (exact) mass is 354 g/mol. The van der Waals surface area contributed by atoms with Crippen molar-refractivity contribution in [3.8, 4) is 17.2 Å². The summed E-state index contributed by atoms with van der Waals surface area (Å²) in [6, 6.07) is 12.1. The van der Waals surface area contributed by atoms with Crippen molar-refractivity contribution in [1.82, 2.24) is 0 Å². The molecule has 1 aliphatic rings. The van der Waals surface area contributed by atoms with Crippen LogP contribution in [0.2, 0.25) is 0 Å². The minimum Gasteiger partial charge on any atom is -0.497 e. The number of fused-ring (bicyclic) bond motifs is 1. The van der Waals surface area contributed by atoms with E-state index in [1.54, 1.807) is 44.4 Å². The minimum atomic E-state index is -0.762. The summed E-state index contributed by atoms with van der Waals surface area (Å²) in [4.78, 5) is 24.0. The van der Waals surface area contributed by atoms with Gasteiger partial charge in [-0.15, -0.1) is 0 Å². The second kappa shape index (κ2) is 7.31. The topological polar surface area (TPSA) is 71.1 Å². The standard InChI is InChI=1S/C20H18O6/c1-12(20(22)24-3)25-15-7-8-16-17(11-15)26-18(19(16)21)10-13-5-4-6-14(9-13)23-2/h4-12H,1-3H3/b18-10-/t12-/m1/s1. The molecule has 0 unspecified atom stereocenters. The average Bonchev–Trinajstić information content (AvgIpc) is 2.96. The minimum absolute atomic E-state index is 0.213. The molecule has 0 radical (unpaired) electrons. The average molecular weight is 354 g/mol. The van der Waals surface area contributed by atoms with Crippen LogP contribution in [0.25, 0.3) is 6.08 Å². The van der Waals surface area contributed by atoms with Crippen molar-refractivity contribution in [2.24, 2.45) is 0 Å². The van der Waals surface area contributed by atoms with Crippen molar-refractivity contribution in [3.63, 3.8) is 0 Å². The summed E-state index contributed by atoms with van der Waals surface area (Å²) in [7, 11) is 2.87. The van der Waals surface area contributed by atoms with Crippen molar-refractivity contribution in [3.05, 3.63) is 59.4 Å². The number of methoxy groups -OCH3 is 2. The van der Waals surface area contributed by atoms with Crippen LogP contribution in [-0.2, 0) is 9.53 Å². The third kappa shape index (κ3) is 3.54. The van der Waals surface area contributed by atoms with Gasteiger partial charge < -0.3 is 18.9 Å². The van der Waals surface area contributed by atoms with E-state index in [9.17, 15) is 9.59 Å². The Morgan fingerprint density at radius 2 is 1.92 bits per heavy atom. The molecule has 0 saturated carbocycles. The highest BCUT2D eigenvalue weighted by Crippen LogP contribution is 2.35. The number of Topliss-reactive ketones (excluding diaryl/α,β-unsaturated/α-hetero) is 1. The molecule has 134 valence electrons. The van der Waals surface area contributed by atoms with Crippen molar-refractivity contribution >= 4 is 17.8 Å². The molecule has 0 amide bonds. The molecular formula is C20H18O6. The maximum absolute atomic E-state index is 12.5. The molecule has 0 saturated heterocycles. The second-order valence-electron chi connectivity index (χ2n) is 5.66. The highest BCUT2D eigenvalue weighted by atomic mass is 16.6. The van der Waals surface area contributed by atoms with Crippen molar-refractivity contribution in [2.75, 3.05) is 14.2 Å². The number of hydrogen-bond donors (Lipinski definition) is 0. The summed E-state index contributed by atoms with van der Waals surface area (Å²) in [5, 5.41) is 0. The van der Waals surface area contributed by atoms with Gasteiger partial charge in [-0.3, -0.25) is 4.79 Å². The number of rotatable bonds is 5. The van der Waals surface area contributed by atoms with Gasteiger partial charge in [0.2, 0.25) is 5.78 Å². The zero-order chi connectivity index (χ0) is 18.7. The van der Waals surface area contributed by atoms with E-state index in [-0.39, 0.29) is 11.5 Å². The van der Waals surface area contributed by atoms with E-state index in [2.05, 4.69) is 4.74 Å². The Hall–Kier alpha value is -3.28. The van der Waals surface area contributed by atoms with E-state index < -0.39 is 12.1 Å². The highest BCUT2D eigenvalue weighted by molar-refractivity contribution is 6.14. The lowest BCUT2D eigenvalue weighted by Crippen LogP contribution is -2.24. The van der Waals surface area contributed by atoms with Gasteiger partial charge in [0.05, 0.1) is 19.8 Å². The van der Waals surface area contributed by atoms with Gasteiger partial charge in [-0.25, -0.2) is 4.79 Å². The van der Waals surface area contributed by atoms with Crippen LogP contribution in [0.5, 0.6) is 17.2 Å². The Bertz CT molecular complexity index is 884. The predicted molar refractivity (Wildman–Crippen MR) is 94.5 cm³/mol. The van der Waals surface area contributed by atoms with Gasteiger partial charge in [-0.05, 0) is 42.8 Å². The van der Waals surface area contributed by atoms with Crippen LogP contribution in [-0.4, -0.2) is 32.1 Å². The fraction of sp³-hybridized carbons (Fsp3) is 0.200. The van der Waals surface area contributed by atoms with Crippen molar-refractivity contribution in [1.29, 1.82) is 0 Å². The first kappa shape index (κ1) is 17.5. The van der Waals surface area contributed by atoms with Crippen molar-refractivity contribution in [2.45, 2.75) is 13.0 Å². The molecule has 1 aliphatic heterocycles. The van der Waals surface area contributed by atoms with E-state index in [1.165, 1.54) is 7.11 Å². The molecule has 6 nitrogen and oxygen atoms in total. The first-order valence-corrected chi connectivity index (χ1v) is 7.98. The molecule has 0 aliphatic carbocycles. The van der Waals surface area contributed by atoms with E-state index in [0.29, 0.717) is 22.8 Å². The molecule has 6 heteroatoms. The maximum atomic E-state index is 12.5. The third-order valence-corrected chi connectivity index (χ3v) is 3.88. The summed E-state index contributed by atoms with van der Waals surface area (Å²) >= 11 is 0. The Morgan fingerprint density at radius 1 is 1.12 bits per heavy atom. The lowest BCUT2D eigenvalue weighted by molar-refractivity contribution is -0.147. The quantitative estimate of drug-likeness (QED) is 0.606. The molecule has 0 spiro atoms. The molecule has 2 aromatic rings. The molecule has 0 bridgehead atoms. The molecule has 0 fully saturated rings. The van der Waals surface area contributed by atoms with Crippen LogP contribution in [0.3, 0.4) is 0 Å². The number of hydrogen-bond acceptors (Lipinski definition) is 6. The van der Waals surface area contributed by atoms with Crippen LogP contribution in [0.1, 0.15) is 22.8 Å². The Balaban J connectivity index is 1.82. The van der Waals surface area contributed by atoms with Gasteiger partial charge in [-0.1, -0.05) is 12.1 Å². The highest BCUT2D eigenvalue weighted by Gasteiger charge is 2.28. The van der Waals surface area contributed by atoms with Gasteiger partial charge in [-0.2, -0.15) is 0 Å². The predicted octanol–water partition coefficient (Wildman–Crippen LogP) is 3.25. The fourth-order valence-corrected chi connectivity index (χ4v) is 2.54. The molecule has 3 rings (SSSR count). The third-order valence-electron chi connectivity index (χ3n) is 3.88. The van der Waals surface area contributed by atoms with Gasteiger partial charge in [0.25, 0.3) is 0 Å². The molecular weight excluding hydrogens is 336 g/mol. The lowest BCUT2D eigenvalue weighted by Gasteiger charge is -2.12. The Morgan fingerprint density at radius 3 is 2.65 bits per heavy atom. The van der Waals surface area contributed by atoms with Crippen LogP contribution >= 0.6 is 0 Å². The first-order chi connectivity index (χ1) is 12.5. The number of allylic oxidation sites excluding steroid dienone is 1. The molecule has 26 heavy (non-hydrogen) atoms. The first-order valence-electron chi connectivity index (χ1n) is 7.98. The van der Waals surface area contributed by atoms with E-state index in [1.807, 2.05) is 18.2 Å².